The van der Waals surface area contributed by atoms with Gasteiger partial charge in [0.05, 0.1) is 13.2 Å². The number of hydrogen-bond donors (Lipinski definition) is 3. The Morgan fingerprint density at radius 2 is 2.28 bits per heavy atom. The Hall–Kier alpha value is -1.34. The van der Waals surface area contributed by atoms with Crippen LogP contribution in [0.5, 0.6) is 0 Å². The zero-order chi connectivity index (χ0) is 13.5. The Morgan fingerprint density at radius 1 is 1.56 bits per heavy atom. The number of carbonyl (C=O) groups excluding carboxylic acids is 1. The molecule has 18 heavy (non-hydrogen) atoms. The summed E-state index contributed by atoms with van der Waals surface area (Å²) in [4.78, 5) is 23.8. The van der Waals surface area contributed by atoms with Gasteiger partial charge in [-0.3, -0.25) is 0 Å². The van der Waals surface area contributed by atoms with Crippen molar-refractivity contribution in [2.75, 3.05) is 33.4 Å². The maximum absolute atomic E-state index is 11.7. The highest BCUT2D eigenvalue weighted by Crippen LogP contribution is 2.14. The van der Waals surface area contributed by atoms with Crippen LogP contribution in [-0.2, 0) is 9.53 Å². The molecular weight excluding hydrogens is 240 g/mol. The number of aliphatic hydroxyl groups is 1. The van der Waals surface area contributed by atoms with Gasteiger partial charge in [-0.05, 0) is 12.8 Å². The molecule has 1 aliphatic heterocycles. The molecule has 0 aromatic rings. The number of aliphatic carboxylic acids is 1. The number of ether oxygens (including phenoxy) is 1. The van der Waals surface area contributed by atoms with E-state index in [2.05, 4.69) is 5.32 Å². The first kappa shape index (κ1) is 14.7. The van der Waals surface area contributed by atoms with Gasteiger partial charge in [0.15, 0.2) is 6.04 Å². The third kappa shape index (κ3) is 4.50. The lowest BCUT2D eigenvalue weighted by atomic mass is 10.0. The number of urea groups is 1. The van der Waals surface area contributed by atoms with Crippen molar-refractivity contribution in [2.45, 2.75) is 18.9 Å². The zero-order valence-electron chi connectivity index (χ0n) is 10.5. The van der Waals surface area contributed by atoms with E-state index in [4.69, 9.17) is 14.9 Å². The van der Waals surface area contributed by atoms with Crippen molar-refractivity contribution in [3.63, 3.8) is 0 Å². The Morgan fingerprint density at radius 3 is 2.78 bits per heavy atom. The van der Waals surface area contributed by atoms with E-state index in [0.717, 1.165) is 19.4 Å². The predicted molar refractivity (Wildman–Crippen MR) is 63.2 cm³/mol. The molecule has 0 radical (unpaired) electrons. The fourth-order valence-corrected chi connectivity index (χ4v) is 1.87. The van der Waals surface area contributed by atoms with E-state index in [9.17, 15) is 9.59 Å². The fraction of sp³-hybridized carbons (Fsp3) is 0.818. The van der Waals surface area contributed by atoms with E-state index in [0.29, 0.717) is 13.2 Å². The second-order valence-electron chi connectivity index (χ2n) is 4.49. The molecule has 7 nitrogen and oxygen atoms in total. The number of rotatable bonds is 5. The minimum Gasteiger partial charge on any atom is -0.480 e. The Bertz CT molecular complexity index is 291. The first-order valence-corrected chi connectivity index (χ1v) is 5.97. The Labute approximate surface area is 106 Å². The number of carboxylic acid groups (broad SMARTS) is 1. The fourth-order valence-electron chi connectivity index (χ4n) is 1.87. The summed E-state index contributed by atoms with van der Waals surface area (Å²) < 4.78 is 5.31. The molecule has 1 saturated heterocycles. The summed E-state index contributed by atoms with van der Waals surface area (Å²) in [7, 11) is 1.60. The van der Waals surface area contributed by atoms with Crippen LogP contribution in [0.4, 0.5) is 4.79 Å². The highest BCUT2D eigenvalue weighted by Gasteiger charge is 2.23. The number of nitrogens with one attached hydrogen (secondary N) is 1. The monoisotopic (exact) mass is 260 g/mol. The van der Waals surface area contributed by atoms with Gasteiger partial charge in [-0.15, -0.1) is 0 Å². The molecule has 1 aliphatic rings. The summed E-state index contributed by atoms with van der Waals surface area (Å²) in [5.41, 5.74) is 0. The maximum Gasteiger partial charge on any atom is 0.328 e. The Balaban J connectivity index is 2.37. The maximum atomic E-state index is 11.7. The molecule has 3 N–H and O–H groups in total. The lowest BCUT2D eigenvalue weighted by molar-refractivity contribution is -0.140. The van der Waals surface area contributed by atoms with Crippen molar-refractivity contribution >= 4 is 12.0 Å². The second kappa shape index (κ2) is 7.17. The molecule has 2 amide bonds. The van der Waals surface area contributed by atoms with Gasteiger partial charge in [0, 0.05) is 26.1 Å². The molecule has 2 atom stereocenters. The average Bonchev–Trinajstić information content (AvgIpc) is 2.36. The third-order valence-electron chi connectivity index (χ3n) is 2.91. The molecule has 1 heterocycles. The van der Waals surface area contributed by atoms with Gasteiger partial charge in [0.2, 0.25) is 0 Å². The van der Waals surface area contributed by atoms with Crippen molar-refractivity contribution in [1.29, 1.82) is 0 Å². The molecule has 7 heteroatoms. The summed E-state index contributed by atoms with van der Waals surface area (Å²) >= 11 is 0. The minimum absolute atomic E-state index is 0.284. The third-order valence-corrected chi connectivity index (χ3v) is 2.91. The van der Waals surface area contributed by atoms with Gasteiger partial charge in [-0.1, -0.05) is 0 Å². The molecule has 0 saturated carbocycles. The van der Waals surface area contributed by atoms with Gasteiger partial charge in [-0.2, -0.15) is 0 Å². The second-order valence-corrected chi connectivity index (χ2v) is 4.49. The van der Waals surface area contributed by atoms with E-state index in [1.54, 1.807) is 7.05 Å². The predicted octanol–water partition coefficient (Wildman–Crippen LogP) is -0.500. The van der Waals surface area contributed by atoms with Crippen LogP contribution >= 0.6 is 0 Å². The van der Waals surface area contributed by atoms with E-state index in [1.807, 2.05) is 0 Å². The van der Waals surface area contributed by atoms with Crippen LogP contribution in [0, 0.1) is 5.92 Å². The highest BCUT2D eigenvalue weighted by molar-refractivity contribution is 5.82. The van der Waals surface area contributed by atoms with Gasteiger partial charge in [0.1, 0.15) is 0 Å². The van der Waals surface area contributed by atoms with E-state index in [1.165, 1.54) is 4.90 Å². The number of carbonyl (C=O) groups is 2. The molecule has 1 fully saturated rings. The summed E-state index contributed by atoms with van der Waals surface area (Å²) in [6.45, 7) is 1.28. The standard InChI is InChI=1S/C11H20N2O5/c1-13(5-8-3-2-4-18-7-8)11(17)12-9(6-14)10(15)16/h8-9,14H,2-7H2,1H3,(H,12,17)(H,15,16)/t8?,9-/m1/s1. The van der Waals surface area contributed by atoms with Gasteiger partial charge < -0.3 is 25.2 Å². The molecule has 1 unspecified atom stereocenters. The zero-order valence-corrected chi connectivity index (χ0v) is 10.5. The van der Waals surface area contributed by atoms with Crippen LogP contribution in [0.3, 0.4) is 0 Å². The highest BCUT2D eigenvalue weighted by atomic mass is 16.5. The first-order valence-electron chi connectivity index (χ1n) is 5.97. The molecule has 0 aromatic carbocycles. The lowest BCUT2D eigenvalue weighted by Gasteiger charge is -2.27. The number of amides is 2. The number of carboxylic acids is 1. The van der Waals surface area contributed by atoms with Gasteiger partial charge in [0.25, 0.3) is 0 Å². The number of nitrogens with zero attached hydrogens (tertiary/aromatic N) is 1. The van der Waals surface area contributed by atoms with Crippen molar-refractivity contribution in [3.05, 3.63) is 0 Å². The molecule has 0 bridgehead atoms. The van der Waals surface area contributed by atoms with Gasteiger partial charge >= 0.3 is 12.0 Å². The van der Waals surface area contributed by atoms with E-state index < -0.39 is 24.6 Å². The first-order chi connectivity index (χ1) is 8.54. The van der Waals surface area contributed by atoms with Crippen LogP contribution in [-0.4, -0.2) is 66.6 Å². The van der Waals surface area contributed by atoms with E-state index in [-0.39, 0.29) is 5.92 Å². The van der Waals surface area contributed by atoms with Crippen molar-refractivity contribution in [2.24, 2.45) is 5.92 Å². The number of aliphatic hydroxyl groups excluding tert-OH is 1. The van der Waals surface area contributed by atoms with Crippen LogP contribution < -0.4 is 5.32 Å². The number of hydrogen-bond acceptors (Lipinski definition) is 4. The lowest BCUT2D eigenvalue weighted by Crippen LogP contribution is -2.49. The normalized spacial score (nSPS) is 21.1. The smallest absolute Gasteiger partial charge is 0.328 e. The van der Waals surface area contributed by atoms with E-state index >= 15 is 0 Å². The quantitative estimate of drug-likeness (QED) is 0.619. The molecule has 0 aliphatic carbocycles. The summed E-state index contributed by atoms with van der Waals surface area (Å²) in [6.07, 6.45) is 1.98. The molecule has 0 spiro atoms. The minimum atomic E-state index is -1.26. The molecule has 1 rings (SSSR count). The average molecular weight is 260 g/mol. The molecular formula is C11H20N2O5. The molecule has 104 valence electrons. The topological polar surface area (TPSA) is 99.1 Å². The Kier molecular flexibility index (Phi) is 5.87. The summed E-state index contributed by atoms with van der Waals surface area (Å²) in [6, 6.07) is -1.76. The largest absolute Gasteiger partial charge is 0.480 e. The van der Waals surface area contributed by atoms with Crippen LogP contribution in [0.1, 0.15) is 12.8 Å². The van der Waals surface area contributed by atoms with Crippen LogP contribution in [0.15, 0.2) is 0 Å². The van der Waals surface area contributed by atoms with Crippen LogP contribution in [0.25, 0.3) is 0 Å². The summed E-state index contributed by atoms with van der Waals surface area (Å²) in [5, 5.41) is 19.8. The van der Waals surface area contributed by atoms with Crippen molar-refractivity contribution < 1.29 is 24.5 Å². The summed E-state index contributed by atoms with van der Waals surface area (Å²) in [5.74, 6) is -0.966. The van der Waals surface area contributed by atoms with Crippen molar-refractivity contribution in [3.8, 4) is 0 Å². The van der Waals surface area contributed by atoms with Crippen molar-refractivity contribution in [1.82, 2.24) is 10.2 Å². The van der Waals surface area contributed by atoms with Crippen LogP contribution in [0.2, 0.25) is 0 Å². The SMILES string of the molecule is CN(CC1CCCOC1)C(=O)N[C@H](CO)C(=O)O. The van der Waals surface area contributed by atoms with Gasteiger partial charge in [-0.25, -0.2) is 9.59 Å². The molecule has 0 aromatic heterocycles.